The summed E-state index contributed by atoms with van der Waals surface area (Å²) in [7, 11) is 0. The lowest BCUT2D eigenvalue weighted by atomic mass is 10.2. The van der Waals surface area contributed by atoms with Crippen LogP contribution >= 0.6 is 34.5 Å². The molecule has 0 radical (unpaired) electrons. The van der Waals surface area contributed by atoms with Crippen LogP contribution in [0.1, 0.15) is 5.56 Å². The lowest BCUT2D eigenvalue weighted by Gasteiger charge is -2.08. The molecule has 0 atom stereocenters. The van der Waals surface area contributed by atoms with E-state index in [-0.39, 0.29) is 0 Å². The van der Waals surface area contributed by atoms with E-state index in [0.29, 0.717) is 22.5 Å². The van der Waals surface area contributed by atoms with Crippen LogP contribution in [0.4, 0.5) is 0 Å². The molecule has 0 fully saturated rings. The van der Waals surface area contributed by atoms with E-state index in [0.717, 1.165) is 32.4 Å². The molecule has 0 spiro atoms. The molecular formula is C22H14Cl2N4OS. The van der Waals surface area contributed by atoms with Gasteiger partial charge in [-0.15, -0.1) is 10.2 Å². The monoisotopic (exact) mass is 452 g/mol. The molecule has 0 amide bonds. The summed E-state index contributed by atoms with van der Waals surface area (Å²) in [6.45, 7) is 0.358. The highest BCUT2D eigenvalue weighted by atomic mass is 35.5. The van der Waals surface area contributed by atoms with Crippen molar-refractivity contribution in [1.29, 1.82) is 0 Å². The molecule has 0 aliphatic carbocycles. The molecule has 2 heterocycles. The summed E-state index contributed by atoms with van der Waals surface area (Å²) < 4.78 is 7.62. The number of ether oxygens (including phenoxy) is 1. The Labute approximate surface area is 186 Å². The second-order valence-corrected chi connectivity index (χ2v) is 8.34. The number of halogens is 2. The van der Waals surface area contributed by atoms with Gasteiger partial charge in [0.15, 0.2) is 5.82 Å². The Bertz CT molecular complexity index is 1320. The largest absolute Gasteiger partial charge is 0.489 e. The summed E-state index contributed by atoms with van der Waals surface area (Å²) in [6, 6.07) is 23.1. The summed E-state index contributed by atoms with van der Waals surface area (Å²) in [5.41, 5.74) is 2.84. The Balaban J connectivity index is 1.36. The van der Waals surface area contributed by atoms with Crippen LogP contribution in [0, 0.1) is 0 Å². The lowest BCUT2D eigenvalue weighted by Crippen LogP contribution is -1.96. The highest BCUT2D eigenvalue weighted by Crippen LogP contribution is 2.29. The van der Waals surface area contributed by atoms with Crippen molar-refractivity contribution in [3.05, 3.63) is 88.4 Å². The van der Waals surface area contributed by atoms with Gasteiger partial charge in [-0.2, -0.15) is 9.61 Å². The van der Waals surface area contributed by atoms with Gasteiger partial charge >= 0.3 is 0 Å². The Morgan fingerprint density at radius 1 is 0.867 bits per heavy atom. The van der Waals surface area contributed by atoms with E-state index >= 15 is 0 Å². The molecule has 0 N–H and O–H groups in total. The summed E-state index contributed by atoms with van der Waals surface area (Å²) in [4.78, 5) is 0.751. The fraction of sp³-hybridized carbons (Fsp3) is 0.0455. The van der Waals surface area contributed by atoms with E-state index in [4.69, 9.17) is 27.9 Å². The first-order chi connectivity index (χ1) is 14.7. The number of aromatic nitrogens is 4. The molecule has 0 saturated heterocycles. The topological polar surface area (TPSA) is 52.3 Å². The minimum absolute atomic E-state index is 0.358. The van der Waals surface area contributed by atoms with Crippen molar-refractivity contribution in [2.75, 3.05) is 0 Å². The number of fused-ring (bicyclic) bond motifs is 1. The maximum absolute atomic E-state index is 6.20. The maximum Gasteiger partial charge on any atom is 0.235 e. The third-order valence-electron chi connectivity index (χ3n) is 4.53. The van der Waals surface area contributed by atoms with Crippen molar-refractivity contribution in [2.45, 2.75) is 6.61 Å². The SMILES string of the molecule is Clc1ccc(COc2ccc(-c3nnc4sc(-c5ccccc5)nn34)cc2)c(Cl)c1. The molecule has 5 nitrogen and oxygen atoms in total. The molecule has 30 heavy (non-hydrogen) atoms. The quantitative estimate of drug-likeness (QED) is 0.309. The van der Waals surface area contributed by atoms with Crippen molar-refractivity contribution in [1.82, 2.24) is 19.8 Å². The van der Waals surface area contributed by atoms with Gasteiger partial charge in [-0.1, -0.05) is 70.9 Å². The van der Waals surface area contributed by atoms with Crippen LogP contribution in [0.2, 0.25) is 10.0 Å². The first-order valence-electron chi connectivity index (χ1n) is 9.12. The van der Waals surface area contributed by atoms with Crippen LogP contribution in [-0.2, 0) is 6.61 Å². The van der Waals surface area contributed by atoms with Gasteiger partial charge in [-0.3, -0.25) is 0 Å². The zero-order chi connectivity index (χ0) is 20.5. The molecule has 0 aliphatic heterocycles. The Morgan fingerprint density at radius 2 is 1.67 bits per heavy atom. The number of rotatable bonds is 5. The zero-order valence-corrected chi connectivity index (χ0v) is 17.8. The molecule has 148 valence electrons. The summed E-state index contributed by atoms with van der Waals surface area (Å²) >= 11 is 13.6. The van der Waals surface area contributed by atoms with Gasteiger partial charge in [-0.25, -0.2) is 0 Å². The molecule has 3 aromatic carbocycles. The van der Waals surface area contributed by atoms with Crippen molar-refractivity contribution in [3.8, 4) is 27.7 Å². The zero-order valence-electron chi connectivity index (χ0n) is 15.5. The summed E-state index contributed by atoms with van der Waals surface area (Å²) in [5, 5.41) is 15.3. The Hall–Kier alpha value is -2.93. The third-order valence-corrected chi connectivity index (χ3v) is 6.07. The van der Waals surface area contributed by atoms with Crippen molar-refractivity contribution in [3.63, 3.8) is 0 Å². The smallest absolute Gasteiger partial charge is 0.235 e. The van der Waals surface area contributed by atoms with Gasteiger partial charge < -0.3 is 4.74 Å². The molecule has 0 unspecified atom stereocenters. The first kappa shape index (κ1) is 19.1. The number of hydrogen-bond acceptors (Lipinski definition) is 5. The predicted molar refractivity (Wildman–Crippen MR) is 120 cm³/mol. The first-order valence-corrected chi connectivity index (χ1v) is 10.7. The Morgan fingerprint density at radius 3 is 2.43 bits per heavy atom. The van der Waals surface area contributed by atoms with Crippen LogP contribution < -0.4 is 4.74 Å². The normalized spacial score (nSPS) is 11.1. The molecule has 5 rings (SSSR count). The van der Waals surface area contributed by atoms with Crippen molar-refractivity contribution in [2.24, 2.45) is 0 Å². The number of nitrogens with zero attached hydrogens (tertiary/aromatic N) is 4. The van der Waals surface area contributed by atoms with Gasteiger partial charge in [-0.05, 0) is 36.4 Å². The van der Waals surface area contributed by atoms with Gasteiger partial charge in [0.1, 0.15) is 17.4 Å². The van der Waals surface area contributed by atoms with Crippen LogP contribution in [0.15, 0.2) is 72.8 Å². The van der Waals surface area contributed by atoms with E-state index in [1.807, 2.05) is 60.7 Å². The van der Waals surface area contributed by atoms with E-state index in [9.17, 15) is 0 Å². The molecule has 0 aliphatic rings. The maximum atomic E-state index is 6.20. The van der Waals surface area contributed by atoms with Crippen molar-refractivity contribution < 1.29 is 4.74 Å². The Kier molecular flexibility index (Phi) is 5.12. The average molecular weight is 453 g/mol. The van der Waals surface area contributed by atoms with Crippen LogP contribution in [0.3, 0.4) is 0 Å². The van der Waals surface area contributed by atoms with Crippen LogP contribution in [0.25, 0.3) is 26.9 Å². The fourth-order valence-corrected chi connectivity index (χ4v) is 4.30. The van der Waals surface area contributed by atoms with Gasteiger partial charge in [0.05, 0.1) is 0 Å². The van der Waals surface area contributed by atoms with Crippen LogP contribution in [-0.4, -0.2) is 19.8 Å². The van der Waals surface area contributed by atoms with Crippen molar-refractivity contribution >= 4 is 39.5 Å². The highest BCUT2D eigenvalue weighted by Gasteiger charge is 2.14. The lowest BCUT2D eigenvalue weighted by molar-refractivity contribution is 0.306. The minimum Gasteiger partial charge on any atom is -0.489 e. The van der Waals surface area contributed by atoms with Gasteiger partial charge in [0, 0.05) is 26.7 Å². The molecular weight excluding hydrogens is 439 g/mol. The predicted octanol–water partition coefficient (Wildman–Crippen LogP) is 6.41. The number of hydrogen-bond donors (Lipinski definition) is 0. The number of benzene rings is 3. The van der Waals surface area contributed by atoms with Crippen LogP contribution in [0.5, 0.6) is 5.75 Å². The molecule has 2 aromatic heterocycles. The molecule has 8 heteroatoms. The second-order valence-electron chi connectivity index (χ2n) is 6.54. The standard InChI is InChI=1S/C22H14Cl2N4OS/c23-17-9-6-16(19(24)12-17)13-29-18-10-7-14(8-11-18)20-25-26-22-28(20)27-21(30-22)15-4-2-1-3-5-15/h1-12H,13H2. The van der Waals surface area contributed by atoms with E-state index in [1.165, 1.54) is 11.3 Å². The average Bonchev–Trinajstić information content (AvgIpc) is 3.35. The van der Waals surface area contributed by atoms with E-state index in [1.54, 1.807) is 16.6 Å². The third kappa shape index (κ3) is 3.77. The summed E-state index contributed by atoms with van der Waals surface area (Å²) in [6.07, 6.45) is 0. The molecule has 0 bridgehead atoms. The van der Waals surface area contributed by atoms with Gasteiger partial charge in [0.25, 0.3) is 0 Å². The summed E-state index contributed by atoms with van der Waals surface area (Å²) in [5.74, 6) is 1.42. The fourth-order valence-electron chi connectivity index (χ4n) is 2.99. The molecule has 0 saturated carbocycles. The minimum atomic E-state index is 0.358. The highest BCUT2D eigenvalue weighted by molar-refractivity contribution is 7.19. The van der Waals surface area contributed by atoms with E-state index in [2.05, 4.69) is 15.3 Å². The van der Waals surface area contributed by atoms with Gasteiger partial charge in [0.2, 0.25) is 4.96 Å². The van der Waals surface area contributed by atoms with E-state index < -0.39 is 0 Å². The molecule has 5 aromatic rings. The second kappa shape index (κ2) is 8.07.